The Morgan fingerprint density at radius 2 is 2.05 bits per heavy atom. The van der Waals surface area contributed by atoms with E-state index in [9.17, 15) is 9.59 Å². The number of aromatic amines is 2. The zero-order valence-electron chi connectivity index (χ0n) is 11.6. The third kappa shape index (κ3) is 3.41. The molecule has 2 heterocycles. The maximum atomic E-state index is 11.9. The fraction of sp³-hybridized carbons (Fsp3) is 0.333. The summed E-state index contributed by atoms with van der Waals surface area (Å²) in [5, 5.41) is 11.5. The number of nitrogens with one attached hydrogen (secondary N) is 4. The SMILES string of the molecule is O=C(CC1CCCN1)Nc1ccc(-c2cc(=O)[nH][nH]2)cc1. The highest BCUT2D eigenvalue weighted by molar-refractivity contribution is 5.91. The van der Waals surface area contributed by atoms with E-state index in [0.717, 1.165) is 36.3 Å². The van der Waals surface area contributed by atoms with Crippen molar-refractivity contribution in [3.8, 4) is 11.3 Å². The van der Waals surface area contributed by atoms with Gasteiger partial charge in [-0.15, -0.1) is 0 Å². The molecule has 6 heteroatoms. The fourth-order valence-electron chi connectivity index (χ4n) is 2.59. The van der Waals surface area contributed by atoms with E-state index in [4.69, 9.17) is 0 Å². The number of anilines is 1. The minimum atomic E-state index is -0.161. The quantitative estimate of drug-likeness (QED) is 0.686. The number of H-pyrrole nitrogens is 2. The van der Waals surface area contributed by atoms with Gasteiger partial charge >= 0.3 is 0 Å². The van der Waals surface area contributed by atoms with E-state index in [1.165, 1.54) is 6.07 Å². The number of hydrogen-bond acceptors (Lipinski definition) is 3. The highest BCUT2D eigenvalue weighted by Crippen LogP contribution is 2.18. The summed E-state index contributed by atoms with van der Waals surface area (Å²) in [5.74, 6) is 0.0252. The Morgan fingerprint density at radius 1 is 1.24 bits per heavy atom. The Kier molecular flexibility index (Phi) is 3.87. The van der Waals surface area contributed by atoms with Crippen molar-refractivity contribution in [3.63, 3.8) is 0 Å². The smallest absolute Gasteiger partial charge is 0.264 e. The molecule has 1 unspecified atom stereocenters. The van der Waals surface area contributed by atoms with Gasteiger partial charge in [0.15, 0.2) is 0 Å². The Labute approximate surface area is 121 Å². The number of carbonyl (C=O) groups is 1. The van der Waals surface area contributed by atoms with Crippen LogP contribution in [0.3, 0.4) is 0 Å². The summed E-state index contributed by atoms with van der Waals surface area (Å²) in [6.07, 6.45) is 2.71. The third-order valence-corrected chi connectivity index (χ3v) is 3.67. The molecule has 1 saturated heterocycles. The minimum Gasteiger partial charge on any atom is -0.326 e. The third-order valence-electron chi connectivity index (χ3n) is 3.67. The average Bonchev–Trinajstić information content (AvgIpc) is 3.11. The van der Waals surface area contributed by atoms with Crippen molar-refractivity contribution in [1.82, 2.24) is 15.5 Å². The predicted octanol–water partition coefficient (Wildman–Crippen LogP) is 1.45. The van der Waals surface area contributed by atoms with Crippen molar-refractivity contribution in [2.45, 2.75) is 25.3 Å². The maximum absolute atomic E-state index is 11.9. The number of hydrogen-bond donors (Lipinski definition) is 4. The van der Waals surface area contributed by atoms with Crippen LogP contribution in [-0.2, 0) is 4.79 Å². The molecule has 0 radical (unpaired) electrons. The van der Waals surface area contributed by atoms with E-state index >= 15 is 0 Å². The van der Waals surface area contributed by atoms with Gasteiger partial charge in [0.2, 0.25) is 5.91 Å². The lowest BCUT2D eigenvalue weighted by molar-refractivity contribution is -0.116. The van der Waals surface area contributed by atoms with Gasteiger partial charge in [-0.05, 0) is 37.1 Å². The molecule has 1 atom stereocenters. The first kappa shape index (κ1) is 13.6. The van der Waals surface area contributed by atoms with Gasteiger partial charge in [-0.2, -0.15) is 0 Å². The summed E-state index contributed by atoms with van der Waals surface area (Å²) in [4.78, 5) is 23.0. The normalized spacial score (nSPS) is 17.8. The van der Waals surface area contributed by atoms with Crippen LogP contribution < -0.4 is 16.2 Å². The Hall–Kier alpha value is -2.34. The minimum absolute atomic E-state index is 0.0252. The highest BCUT2D eigenvalue weighted by atomic mass is 16.1. The lowest BCUT2D eigenvalue weighted by Gasteiger charge is -2.10. The second-order valence-electron chi connectivity index (χ2n) is 5.30. The predicted molar refractivity (Wildman–Crippen MR) is 81.1 cm³/mol. The second kappa shape index (κ2) is 5.97. The monoisotopic (exact) mass is 286 g/mol. The van der Waals surface area contributed by atoms with Crippen molar-refractivity contribution in [3.05, 3.63) is 40.7 Å². The molecule has 1 aliphatic rings. The summed E-state index contributed by atoms with van der Waals surface area (Å²) in [6.45, 7) is 1.00. The zero-order chi connectivity index (χ0) is 14.7. The number of aromatic nitrogens is 2. The largest absolute Gasteiger partial charge is 0.326 e. The van der Waals surface area contributed by atoms with Crippen LogP contribution in [0.5, 0.6) is 0 Å². The van der Waals surface area contributed by atoms with Crippen LogP contribution in [0.1, 0.15) is 19.3 Å². The first-order chi connectivity index (χ1) is 10.2. The fourth-order valence-corrected chi connectivity index (χ4v) is 2.59. The topological polar surface area (TPSA) is 89.8 Å². The molecule has 2 aromatic rings. The average molecular weight is 286 g/mol. The van der Waals surface area contributed by atoms with Crippen LogP contribution in [0.15, 0.2) is 35.1 Å². The number of rotatable bonds is 4. The highest BCUT2D eigenvalue weighted by Gasteiger charge is 2.17. The van der Waals surface area contributed by atoms with Crippen LogP contribution in [0.2, 0.25) is 0 Å². The summed E-state index contributed by atoms with van der Waals surface area (Å²) in [7, 11) is 0. The molecule has 1 fully saturated rings. The summed E-state index contributed by atoms with van der Waals surface area (Å²) in [6, 6.07) is 9.19. The van der Waals surface area contributed by atoms with Crippen molar-refractivity contribution in [2.24, 2.45) is 0 Å². The molecule has 110 valence electrons. The van der Waals surface area contributed by atoms with E-state index in [0.29, 0.717) is 12.5 Å². The van der Waals surface area contributed by atoms with Crippen LogP contribution in [-0.4, -0.2) is 28.7 Å². The molecule has 0 aliphatic carbocycles. The molecule has 1 aromatic heterocycles. The Balaban J connectivity index is 1.61. The lowest BCUT2D eigenvalue weighted by Crippen LogP contribution is -2.27. The van der Waals surface area contributed by atoms with Gasteiger partial charge in [0.25, 0.3) is 5.56 Å². The standard InChI is InChI=1S/C15H18N4O2/c20-14(8-12-2-1-7-16-12)17-11-5-3-10(4-6-11)13-9-15(21)19-18-13/h3-6,9,12,16H,1-2,7-8H2,(H,17,20)(H2,18,19,21). The van der Waals surface area contributed by atoms with Crippen LogP contribution in [0, 0.1) is 0 Å². The summed E-state index contributed by atoms with van der Waals surface area (Å²) < 4.78 is 0. The van der Waals surface area contributed by atoms with E-state index in [1.807, 2.05) is 24.3 Å². The molecular weight excluding hydrogens is 268 g/mol. The lowest BCUT2D eigenvalue weighted by atomic mass is 10.1. The zero-order valence-corrected chi connectivity index (χ0v) is 11.6. The molecule has 0 spiro atoms. The molecule has 1 aromatic carbocycles. The van der Waals surface area contributed by atoms with Gasteiger partial charge in [0.05, 0.1) is 5.69 Å². The molecule has 1 aliphatic heterocycles. The molecule has 4 N–H and O–H groups in total. The van der Waals surface area contributed by atoms with Gasteiger partial charge in [0, 0.05) is 24.2 Å². The number of benzene rings is 1. The van der Waals surface area contributed by atoms with Crippen LogP contribution in [0.25, 0.3) is 11.3 Å². The summed E-state index contributed by atoms with van der Waals surface area (Å²) in [5.41, 5.74) is 2.22. The molecule has 1 amide bonds. The van der Waals surface area contributed by atoms with Gasteiger partial charge in [-0.3, -0.25) is 19.8 Å². The van der Waals surface area contributed by atoms with Gasteiger partial charge in [0.1, 0.15) is 0 Å². The van der Waals surface area contributed by atoms with E-state index < -0.39 is 0 Å². The van der Waals surface area contributed by atoms with E-state index in [2.05, 4.69) is 20.8 Å². The van der Waals surface area contributed by atoms with Gasteiger partial charge < -0.3 is 10.6 Å². The van der Waals surface area contributed by atoms with Crippen molar-refractivity contribution >= 4 is 11.6 Å². The van der Waals surface area contributed by atoms with Crippen LogP contribution >= 0.6 is 0 Å². The first-order valence-electron chi connectivity index (χ1n) is 7.12. The number of carbonyl (C=O) groups excluding carboxylic acids is 1. The van der Waals surface area contributed by atoms with E-state index in [-0.39, 0.29) is 11.5 Å². The Morgan fingerprint density at radius 3 is 2.67 bits per heavy atom. The second-order valence-corrected chi connectivity index (χ2v) is 5.30. The molecule has 0 bridgehead atoms. The first-order valence-corrected chi connectivity index (χ1v) is 7.12. The van der Waals surface area contributed by atoms with Crippen molar-refractivity contribution < 1.29 is 4.79 Å². The molecular formula is C15H18N4O2. The van der Waals surface area contributed by atoms with Crippen molar-refractivity contribution in [1.29, 1.82) is 0 Å². The molecule has 3 rings (SSSR count). The molecule has 6 nitrogen and oxygen atoms in total. The van der Waals surface area contributed by atoms with E-state index in [1.54, 1.807) is 0 Å². The molecule has 0 saturated carbocycles. The maximum Gasteiger partial charge on any atom is 0.264 e. The van der Waals surface area contributed by atoms with Crippen molar-refractivity contribution in [2.75, 3.05) is 11.9 Å². The Bertz CT molecular complexity index is 665. The van der Waals surface area contributed by atoms with Crippen LogP contribution in [0.4, 0.5) is 5.69 Å². The number of amides is 1. The van der Waals surface area contributed by atoms with Gasteiger partial charge in [-0.1, -0.05) is 12.1 Å². The summed E-state index contributed by atoms with van der Waals surface area (Å²) >= 11 is 0. The van der Waals surface area contributed by atoms with Gasteiger partial charge in [-0.25, -0.2) is 0 Å². The molecule has 21 heavy (non-hydrogen) atoms.